The summed E-state index contributed by atoms with van der Waals surface area (Å²) in [6.45, 7) is 6.75. The molecule has 0 aromatic rings. The van der Waals surface area contributed by atoms with Gasteiger partial charge in [-0.3, -0.25) is 4.79 Å². The van der Waals surface area contributed by atoms with E-state index in [0.29, 0.717) is 6.42 Å². The molecule has 0 spiro atoms. The number of ether oxygens (including phenoxy) is 2. The number of amides is 1. The first-order valence-corrected chi connectivity index (χ1v) is 5.41. The number of alkyl carbamates (subject to hydrolysis) is 1. The maximum Gasteiger partial charge on any atom is 0.408 e. The monoisotopic (exact) mass is 251 g/mol. The van der Waals surface area contributed by atoms with Crippen molar-refractivity contribution in [3.63, 3.8) is 0 Å². The number of alkyl halides is 1. The van der Waals surface area contributed by atoms with Gasteiger partial charge in [0.15, 0.2) is 0 Å². The molecule has 0 radical (unpaired) electrons. The number of carbonyl (C=O) groups is 2. The Bertz CT molecular complexity index is 250. The summed E-state index contributed by atoms with van der Waals surface area (Å²) in [6, 6.07) is 0. The van der Waals surface area contributed by atoms with Crippen molar-refractivity contribution >= 4 is 23.7 Å². The van der Waals surface area contributed by atoms with Crippen LogP contribution in [0.1, 0.15) is 34.1 Å². The van der Waals surface area contributed by atoms with E-state index in [-0.39, 0.29) is 12.6 Å². The smallest absolute Gasteiger partial charge is 0.408 e. The van der Waals surface area contributed by atoms with E-state index in [1.54, 1.807) is 20.8 Å². The van der Waals surface area contributed by atoms with E-state index in [0.717, 1.165) is 0 Å². The Morgan fingerprint density at radius 3 is 2.38 bits per heavy atom. The quantitative estimate of drug-likeness (QED) is 0.472. The van der Waals surface area contributed by atoms with Gasteiger partial charge in [0.25, 0.3) is 0 Å². The Morgan fingerprint density at radius 2 is 1.94 bits per heavy atom. The summed E-state index contributed by atoms with van der Waals surface area (Å²) in [5.74, 6) is -0.374. The molecule has 0 aliphatic carbocycles. The van der Waals surface area contributed by atoms with E-state index in [4.69, 9.17) is 16.3 Å². The number of carbonyl (C=O) groups excluding carboxylic acids is 2. The highest BCUT2D eigenvalue weighted by Crippen LogP contribution is 2.08. The second kappa shape index (κ2) is 6.58. The van der Waals surface area contributed by atoms with Gasteiger partial charge in [-0.25, -0.2) is 4.79 Å². The summed E-state index contributed by atoms with van der Waals surface area (Å²) in [6.07, 6.45) is -0.254. The van der Waals surface area contributed by atoms with E-state index in [2.05, 4.69) is 10.1 Å². The van der Waals surface area contributed by atoms with Crippen molar-refractivity contribution in [1.82, 2.24) is 5.32 Å². The number of hydrogen-bond donors (Lipinski definition) is 1. The van der Waals surface area contributed by atoms with Gasteiger partial charge in [-0.15, -0.1) is 0 Å². The van der Waals surface area contributed by atoms with Crippen molar-refractivity contribution in [3.8, 4) is 0 Å². The molecular weight excluding hydrogens is 234 g/mol. The van der Waals surface area contributed by atoms with Crippen LogP contribution in [0, 0.1) is 0 Å². The van der Waals surface area contributed by atoms with Crippen LogP contribution in [-0.2, 0) is 14.3 Å². The summed E-state index contributed by atoms with van der Waals surface area (Å²) < 4.78 is 9.67. The van der Waals surface area contributed by atoms with Crippen molar-refractivity contribution in [1.29, 1.82) is 0 Å². The molecule has 1 N–H and O–H groups in total. The van der Waals surface area contributed by atoms with Crippen molar-refractivity contribution in [2.45, 2.75) is 45.2 Å². The fourth-order valence-electron chi connectivity index (χ4n) is 0.814. The molecule has 1 amide bonds. The topological polar surface area (TPSA) is 64.6 Å². The highest BCUT2D eigenvalue weighted by molar-refractivity contribution is 6.21. The first-order valence-electron chi connectivity index (χ1n) is 4.97. The zero-order valence-corrected chi connectivity index (χ0v) is 10.8. The molecule has 0 aliphatic rings. The Labute approximate surface area is 100 Å². The van der Waals surface area contributed by atoms with E-state index in [1.165, 1.54) is 6.92 Å². The van der Waals surface area contributed by atoms with Crippen molar-refractivity contribution in [3.05, 3.63) is 0 Å². The molecule has 0 aromatic carbocycles. The van der Waals surface area contributed by atoms with Gasteiger partial charge < -0.3 is 14.8 Å². The van der Waals surface area contributed by atoms with Crippen LogP contribution in [0.2, 0.25) is 0 Å². The largest absolute Gasteiger partial charge is 0.466 e. The molecule has 0 saturated heterocycles. The van der Waals surface area contributed by atoms with Crippen LogP contribution in [-0.4, -0.2) is 29.8 Å². The molecule has 5 nitrogen and oxygen atoms in total. The fourth-order valence-corrected chi connectivity index (χ4v) is 0.992. The van der Waals surface area contributed by atoms with Crippen LogP contribution in [0.25, 0.3) is 0 Å². The Kier molecular flexibility index (Phi) is 6.18. The maximum atomic E-state index is 11.2. The van der Waals surface area contributed by atoms with Crippen molar-refractivity contribution < 1.29 is 19.1 Å². The first-order chi connectivity index (χ1) is 7.20. The molecule has 94 valence electrons. The molecule has 0 heterocycles. The molecule has 0 bridgehead atoms. The van der Waals surface area contributed by atoms with Gasteiger partial charge in [0.2, 0.25) is 0 Å². The minimum absolute atomic E-state index is 0.166. The zero-order valence-electron chi connectivity index (χ0n) is 10.0. The lowest BCUT2D eigenvalue weighted by Gasteiger charge is -2.21. The predicted molar refractivity (Wildman–Crippen MR) is 60.3 cm³/mol. The summed E-state index contributed by atoms with van der Waals surface area (Å²) in [5.41, 5.74) is -1.18. The molecule has 0 rings (SSSR count). The Balaban J connectivity index is 3.74. The first kappa shape index (κ1) is 15.0. The van der Waals surface area contributed by atoms with Crippen LogP contribution < -0.4 is 5.32 Å². The molecular formula is C10H18ClNO4. The molecule has 6 heteroatoms. The normalized spacial score (nSPS) is 12.8. The highest BCUT2D eigenvalue weighted by atomic mass is 35.5. The minimum atomic E-state index is -0.616. The van der Waals surface area contributed by atoms with E-state index >= 15 is 0 Å². The van der Waals surface area contributed by atoms with E-state index in [1.807, 2.05) is 0 Å². The average molecular weight is 252 g/mol. The van der Waals surface area contributed by atoms with Crippen molar-refractivity contribution in [2.24, 2.45) is 0 Å². The average Bonchev–Trinajstić information content (AvgIpc) is 1.98. The highest BCUT2D eigenvalue weighted by Gasteiger charge is 2.18. The van der Waals surface area contributed by atoms with Gasteiger partial charge in [-0.2, -0.15) is 0 Å². The van der Waals surface area contributed by atoms with Gasteiger partial charge in [0.1, 0.15) is 11.1 Å². The van der Waals surface area contributed by atoms with E-state index < -0.39 is 17.2 Å². The molecule has 0 aromatic heterocycles. The fraction of sp³-hybridized carbons (Fsp3) is 0.800. The van der Waals surface area contributed by atoms with Crippen LogP contribution in [0.4, 0.5) is 4.79 Å². The predicted octanol–water partition coefficient (Wildman–Crippen LogP) is 2.03. The lowest BCUT2D eigenvalue weighted by atomic mass is 10.2. The molecule has 0 saturated carbocycles. The molecule has 1 unspecified atom stereocenters. The molecule has 16 heavy (non-hydrogen) atoms. The molecule has 0 aliphatic heterocycles. The third-order valence-electron chi connectivity index (χ3n) is 1.35. The standard InChI is InChI=1S/C10H18ClNO4/c1-7(13)15-6-5-8(11)12-9(14)16-10(2,3)4/h8H,5-6H2,1-4H3,(H,12,14). The number of halogens is 1. The summed E-state index contributed by atoms with van der Waals surface area (Å²) >= 11 is 5.78. The summed E-state index contributed by atoms with van der Waals surface area (Å²) in [7, 11) is 0. The second-order valence-electron chi connectivity index (χ2n) is 4.24. The maximum absolute atomic E-state index is 11.2. The number of hydrogen-bond acceptors (Lipinski definition) is 4. The van der Waals surface area contributed by atoms with Crippen LogP contribution in [0.3, 0.4) is 0 Å². The van der Waals surface area contributed by atoms with Crippen LogP contribution >= 0.6 is 11.6 Å². The van der Waals surface area contributed by atoms with Gasteiger partial charge in [0.05, 0.1) is 6.61 Å². The molecule has 1 atom stereocenters. The van der Waals surface area contributed by atoms with Gasteiger partial charge in [0, 0.05) is 13.3 Å². The zero-order chi connectivity index (χ0) is 12.8. The third kappa shape index (κ3) is 9.58. The second-order valence-corrected chi connectivity index (χ2v) is 4.77. The van der Waals surface area contributed by atoms with Gasteiger partial charge in [-0.1, -0.05) is 11.6 Å². The summed E-state index contributed by atoms with van der Waals surface area (Å²) in [4.78, 5) is 21.7. The molecule has 0 fully saturated rings. The lowest BCUT2D eigenvalue weighted by molar-refractivity contribution is -0.141. The van der Waals surface area contributed by atoms with Gasteiger partial charge >= 0.3 is 12.1 Å². The lowest BCUT2D eigenvalue weighted by Crippen LogP contribution is -2.37. The SMILES string of the molecule is CC(=O)OCCC(Cl)NC(=O)OC(C)(C)C. The van der Waals surface area contributed by atoms with Crippen molar-refractivity contribution in [2.75, 3.05) is 6.61 Å². The van der Waals surface area contributed by atoms with Gasteiger partial charge in [-0.05, 0) is 20.8 Å². The third-order valence-corrected chi connectivity index (χ3v) is 1.68. The van der Waals surface area contributed by atoms with Crippen LogP contribution in [0.5, 0.6) is 0 Å². The Morgan fingerprint density at radius 1 is 1.38 bits per heavy atom. The number of rotatable bonds is 4. The minimum Gasteiger partial charge on any atom is -0.466 e. The van der Waals surface area contributed by atoms with E-state index in [9.17, 15) is 9.59 Å². The number of esters is 1. The summed E-state index contributed by atoms with van der Waals surface area (Å²) in [5, 5.41) is 2.42. The number of nitrogens with one attached hydrogen (secondary N) is 1. The van der Waals surface area contributed by atoms with Crippen LogP contribution in [0.15, 0.2) is 0 Å². The Hall–Kier alpha value is -0.970.